The molecule has 5 nitrogen and oxygen atoms in total. The molecule has 0 unspecified atom stereocenters. The first-order valence-corrected chi connectivity index (χ1v) is 8.36. The van der Waals surface area contributed by atoms with E-state index in [0.29, 0.717) is 12.0 Å². The summed E-state index contributed by atoms with van der Waals surface area (Å²) in [6.07, 6.45) is 4.95. The quantitative estimate of drug-likeness (QED) is 0.567. The summed E-state index contributed by atoms with van der Waals surface area (Å²) >= 11 is 0. The van der Waals surface area contributed by atoms with E-state index in [1.165, 1.54) is 12.7 Å². The molecule has 0 bridgehead atoms. The predicted molar refractivity (Wildman–Crippen MR) is 87.9 cm³/mol. The van der Waals surface area contributed by atoms with Crippen LogP contribution in [0.2, 0.25) is 0 Å². The van der Waals surface area contributed by atoms with Gasteiger partial charge in [-0.25, -0.2) is 0 Å². The number of nitriles is 1. The molecule has 0 aliphatic carbocycles. The van der Waals surface area contributed by atoms with Gasteiger partial charge in [0.2, 0.25) is 0 Å². The zero-order valence-electron chi connectivity index (χ0n) is 14.0. The largest absolute Gasteiger partial charge is 0.469 e. The van der Waals surface area contributed by atoms with E-state index < -0.39 is 0 Å². The van der Waals surface area contributed by atoms with Crippen LogP contribution < -0.4 is 0 Å². The van der Waals surface area contributed by atoms with Crippen LogP contribution in [0.5, 0.6) is 0 Å². The van der Waals surface area contributed by atoms with Crippen LogP contribution in [0.4, 0.5) is 0 Å². The molecule has 2 atom stereocenters. The molecule has 1 saturated heterocycles. The Morgan fingerprint density at radius 1 is 1.33 bits per heavy atom. The minimum absolute atomic E-state index is 0.0298. The highest BCUT2D eigenvalue weighted by atomic mass is 16.5. The van der Waals surface area contributed by atoms with E-state index in [1.807, 2.05) is 24.3 Å². The Morgan fingerprint density at radius 3 is 2.75 bits per heavy atom. The van der Waals surface area contributed by atoms with Crippen molar-refractivity contribution in [2.75, 3.05) is 7.11 Å². The van der Waals surface area contributed by atoms with E-state index in [0.717, 1.165) is 32.1 Å². The summed E-state index contributed by atoms with van der Waals surface area (Å²) in [5.74, 6) is -0.455. The lowest BCUT2D eigenvalue weighted by atomic mass is 9.90. The van der Waals surface area contributed by atoms with Gasteiger partial charge in [0.1, 0.15) is 6.10 Å². The third-order valence-electron chi connectivity index (χ3n) is 4.36. The lowest BCUT2D eigenvalue weighted by Gasteiger charge is -2.28. The first kappa shape index (κ1) is 18.0. The van der Waals surface area contributed by atoms with Crippen LogP contribution in [0, 0.1) is 17.2 Å². The predicted octanol–water partition coefficient (Wildman–Crippen LogP) is 3.16. The van der Waals surface area contributed by atoms with Gasteiger partial charge in [0, 0.05) is 12.8 Å². The fourth-order valence-corrected chi connectivity index (χ4v) is 3.07. The first-order valence-electron chi connectivity index (χ1n) is 8.36. The van der Waals surface area contributed by atoms with Gasteiger partial charge in [-0.1, -0.05) is 12.1 Å². The molecule has 1 heterocycles. The number of rotatable bonds is 7. The average molecular weight is 329 g/mol. The molecule has 1 aromatic rings. The summed E-state index contributed by atoms with van der Waals surface area (Å²) in [5, 5.41) is 8.78. The third kappa shape index (κ3) is 5.69. The average Bonchev–Trinajstić information content (AvgIpc) is 2.58. The van der Waals surface area contributed by atoms with Crippen molar-refractivity contribution in [3.8, 4) is 6.07 Å². The SMILES string of the molecule is COC(=O)C[C@H]1CC(=O)O[C@@H](CCCCc2ccc(C#N)cc2)C1. The van der Waals surface area contributed by atoms with E-state index in [-0.39, 0.29) is 30.4 Å². The number of cyclic esters (lactones) is 1. The van der Waals surface area contributed by atoms with E-state index in [2.05, 4.69) is 10.8 Å². The Labute approximate surface area is 142 Å². The van der Waals surface area contributed by atoms with Crippen LogP contribution in [-0.2, 0) is 25.5 Å². The molecule has 1 aliphatic heterocycles. The Hall–Kier alpha value is -2.35. The summed E-state index contributed by atoms with van der Waals surface area (Å²) in [6, 6.07) is 9.72. The number of esters is 2. The minimum Gasteiger partial charge on any atom is -0.469 e. The number of hydrogen-bond donors (Lipinski definition) is 0. The molecule has 5 heteroatoms. The molecule has 0 spiro atoms. The van der Waals surface area contributed by atoms with E-state index in [9.17, 15) is 9.59 Å². The molecule has 0 aromatic heterocycles. The summed E-state index contributed by atoms with van der Waals surface area (Å²) in [6.45, 7) is 0. The van der Waals surface area contributed by atoms with Crippen LogP contribution in [0.3, 0.4) is 0 Å². The van der Waals surface area contributed by atoms with E-state index in [4.69, 9.17) is 10.00 Å². The van der Waals surface area contributed by atoms with Crippen molar-refractivity contribution in [1.29, 1.82) is 5.26 Å². The normalized spacial score (nSPS) is 20.1. The van der Waals surface area contributed by atoms with Crippen LogP contribution in [0.25, 0.3) is 0 Å². The summed E-state index contributed by atoms with van der Waals surface area (Å²) in [7, 11) is 1.37. The second-order valence-electron chi connectivity index (χ2n) is 6.25. The second kappa shape index (κ2) is 9.07. The number of nitrogens with zero attached hydrogens (tertiary/aromatic N) is 1. The molecule has 1 fully saturated rings. The molecule has 0 N–H and O–H groups in total. The van der Waals surface area contributed by atoms with Crippen LogP contribution in [0.1, 0.15) is 49.7 Å². The lowest BCUT2D eigenvalue weighted by Crippen LogP contribution is -2.31. The van der Waals surface area contributed by atoms with Crippen LogP contribution >= 0.6 is 0 Å². The van der Waals surface area contributed by atoms with Gasteiger partial charge in [0.15, 0.2) is 0 Å². The van der Waals surface area contributed by atoms with Crippen molar-refractivity contribution in [2.24, 2.45) is 5.92 Å². The molecular weight excluding hydrogens is 306 g/mol. The maximum Gasteiger partial charge on any atom is 0.306 e. The fourth-order valence-electron chi connectivity index (χ4n) is 3.07. The van der Waals surface area contributed by atoms with Gasteiger partial charge in [-0.05, 0) is 55.7 Å². The van der Waals surface area contributed by atoms with E-state index >= 15 is 0 Å². The number of ether oxygens (including phenoxy) is 2. The second-order valence-corrected chi connectivity index (χ2v) is 6.25. The molecule has 0 amide bonds. The highest BCUT2D eigenvalue weighted by Gasteiger charge is 2.29. The summed E-state index contributed by atoms with van der Waals surface area (Å²) in [4.78, 5) is 23.0. The van der Waals surface area contributed by atoms with Crippen molar-refractivity contribution in [3.63, 3.8) is 0 Å². The first-order chi connectivity index (χ1) is 11.6. The van der Waals surface area contributed by atoms with Gasteiger partial charge in [-0.3, -0.25) is 9.59 Å². The minimum atomic E-state index is -0.269. The number of aryl methyl sites for hydroxylation is 1. The maximum atomic E-state index is 11.7. The van der Waals surface area contributed by atoms with Gasteiger partial charge >= 0.3 is 11.9 Å². The Bertz CT molecular complexity index is 603. The van der Waals surface area contributed by atoms with Gasteiger partial charge in [-0.15, -0.1) is 0 Å². The molecule has 1 aromatic carbocycles. The topological polar surface area (TPSA) is 76.4 Å². The van der Waals surface area contributed by atoms with Crippen molar-refractivity contribution in [2.45, 2.75) is 51.0 Å². The number of benzene rings is 1. The van der Waals surface area contributed by atoms with E-state index in [1.54, 1.807) is 0 Å². The lowest BCUT2D eigenvalue weighted by molar-refractivity contribution is -0.158. The van der Waals surface area contributed by atoms with Gasteiger partial charge in [0.25, 0.3) is 0 Å². The molecule has 1 aliphatic rings. The van der Waals surface area contributed by atoms with Gasteiger partial charge in [0.05, 0.1) is 18.7 Å². The number of methoxy groups -OCH3 is 1. The highest BCUT2D eigenvalue weighted by Crippen LogP contribution is 2.27. The van der Waals surface area contributed by atoms with Gasteiger partial charge in [-0.2, -0.15) is 5.26 Å². The molecule has 2 rings (SSSR count). The van der Waals surface area contributed by atoms with Crippen molar-refractivity contribution < 1.29 is 19.1 Å². The van der Waals surface area contributed by atoms with Crippen molar-refractivity contribution in [1.82, 2.24) is 0 Å². The molecule has 0 saturated carbocycles. The van der Waals surface area contributed by atoms with Crippen LogP contribution in [0.15, 0.2) is 24.3 Å². The fraction of sp³-hybridized carbons (Fsp3) is 0.526. The Kier molecular flexibility index (Phi) is 6.80. The Morgan fingerprint density at radius 2 is 2.08 bits per heavy atom. The number of carbonyl (C=O) groups excluding carboxylic acids is 2. The maximum absolute atomic E-state index is 11.7. The third-order valence-corrected chi connectivity index (χ3v) is 4.36. The molecule has 24 heavy (non-hydrogen) atoms. The zero-order chi connectivity index (χ0) is 17.4. The summed E-state index contributed by atoms with van der Waals surface area (Å²) < 4.78 is 10.1. The smallest absolute Gasteiger partial charge is 0.306 e. The molecule has 0 radical (unpaired) electrons. The number of unbranched alkanes of at least 4 members (excludes halogenated alkanes) is 1. The molecule has 128 valence electrons. The van der Waals surface area contributed by atoms with Crippen LogP contribution in [-0.4, -0.2) is 25.2 Å². The molecular formula is C19H23NO4. The number of hydrogen-bond acceptors (Lipinski definition) is 5. The van der Waals surface area contributed by atoms with Crippen molar-refractivity contribution >= 4 is 11.9 Å². The van der Waals surface area contributed by atoms with Gasteiger partial charge < -0.3 is 9.47 Å². The highest BCUT2D eigenvalue weighted by molar-refractivity contribution is 5.74. The summed E-state index contributed by atoms with van der Waals surface area (Å²) in [5.41, 5.74) is 1.88. The monoisotopic (exact) mass is 329 g/mol. The number of carbonyl (C=O) groups is 2. The standard InChI is InChI=1S/C19H23NO4/c1-23-18(21)11-16-10-17(24-19(22)12-16)5-3-2-4-14-6-8-15(13-20)9-7-14/h6-9,16-17H,2-5,10-12H2,1H3/t16-,17-/m0/s1. The Balaban J connectivity index is 1.71. The zero-order valence-corrected chi connectivity index (χ0v) is 14.0. The van der Waals surface area contributed by atoms with Crippen molar-refractivity contribution in [3.05, 3.63) is 35.4 Å².